The Morgan fingerprint density at radius 2 is 1.91 bits per heavy atom. The first kappa shape index (κ1) is 21.3. The summed E-state index contributed by atoms with van der Waals surface area (Å²) in [7, 11) is 0. The second-order valence-electron chi connectivity index (χ2n) is 8.02. The number of benzene rings is 2. The maximum Gasteiger partial charge on any atom is 0.297 e. The van der Waals surface area contributed by atoms with Gasteiger partial charge < -0.3 is 4.42 Å². The summed E-state index contributed by atoms with van der Waals surface area (Å²) in [6.45, 7) is 4.20. The summed E-state index contributed by atoms with van der Waals surface area (Å²) in [6.07, 6.45) is 0.757. The molecule has 1 atom stereocenters. The Morgan fingerprint density at radius 3 is 2.62 bits per heavy atom. The van der Waals surface area contributed by atoms with Crippen LogP contribution in [0.4, 0.5) is 5.13 Å². The predicted molar refractivity (Wildman–Crippen MR) is 129 cm³/mol. The number of amides is 1. The van der Waals surface area contributed by atoms with Crippen molar-refractivity contribution in [2.75, 3.05) is 4.90 Å². The maximum atomic E-state index is 13.6. The van der Waals surface area contributed by atoms with Crippen LogP contribution in [-0.2, 0) is 6.42 Å². The molecule has 162 valence electrons. The molecule has 0 N–H and O–H groups in total. The van der Waals surface area contributed by atoms with Crippen LogP contribution >= 0.6 is 38.9 Å². The summed E-state index contributed by atoms with van der Waals surface area (Å²) in [5.41, 5.74) is 1.15. The summed E-state index contributed by atoms with van der Waals surface area (Å²) in [4.78, 5) is 28.6. The second-order valence-corrected chi connectivity index (χ2v) is 10.4. The molecule has 9 heteroatoms. The topological polar surface area (TPSA) is 76.3 Å². The third-order valence-electron chi connectivity index (χ3n) is 5.26. The summed E-state index contributed by atoms with van der Waals surface area (Å²) in [5, 5.41) is 10.8. The molecule has 5 rings (SSSR count). The van der Waals surface area contributed by atoms with E-state index in [4.69, 9.17) is 16.0 Å². The average molecular weight is 531 g/mol. The minimum atomic E-state index is -0.686. The molecule has 1 aliphatic rings. The molecule has 0 radical (unpaired) electrons. The van der Waals surface area contributed by atoms with Gasteiger partial charge in [-0.15, -0.1) is 10.2 Å². The van der Waals surface area contributed by atoms with E-state index in [1.54, 1.807) is 30.3 Å². The predicted octanol–water partition coefficient (Wildman–Crippen LogP) is 6.01. The van der Waals surface area contributed by atoms with Crippen molar-refractivity contribution < 1.29 is 9.21 Å². The van der Waals surface area contributed by atoms with Gasteiger partial charge in [-0.05, 0) is 41.8 Å². The summed E-state index contributed by atoms with van der Waals surface area (Å²) < 4.78 is 6.72. The van der Waals surface area contributed by atoms with E-state index >= 15 is 0 Å². The van der Waals surface area contributed by atoms with Gasteiger partial charge in [0.25, 0.3) is 5.91 Å². The Labute approximate surface area is 201 Å². The fraction of sp³-hybridized carbons (Fsp3) is 0.217. The number of aromatic nitrogens is 2. The quantitative estimate of drug-likeness (QED) is 0.323. The summed E-state index contributed by atoms with van der Waals surface area (Å²) in [6, 6.07) is 11.6. The summed E-state index contributed by atoms with van der Waals surface area (Å²) in [5.74, 6) is 0.0285. The standard InChI is InChI=1S/C23H17BrClN3O3S/c1-11(2)9-17-26-27-23(32-17)28-19(12-3-6-14(25)7-4-12)18-20(29)15-10-13(24)5-8-16(15)31-21(18)22(28)30/h3-8,10-11,19H,9H2,1-2H3. The smallest absolute Gasteiger partial charge is 0.297 e. The Kier molecular flexibility index (Phi) is 5.39. The van der Waals surface area contributed by atoms with E-state index in [-0.39, 0.29) is 11.2 Å². The number of carbonyl (C=O) groups excluding carboxylic acids is 1. The van der Waals surface area contributed by atoms with Crippen molar-refractivity contribution in [3.05, 3.63) is 84.1 Å². The monoisotopic (exact) mass is 529 g/mol. The zero-order chi connectivity index (χ0) is 22.6. The number of anilines is 1. The molecule has 0 saturated carbocycles. The van der Waals surface area contributed by atoms with E-state index in [9.17, 15) is 9.59 Å². The van der Waals surface area contributed by atoms with Gasteiger partial charge in [0.05, 0.1) is 17.0 Å². The van der Waals surface area contributed by atoms with Crippen LogP contribution < -0.4 is 10.3 Å². The van der Waals surface area contributed by atoms with Crippen LogP contribution in [0.3, 0.4) is 0 Å². The minimum Gasteiger partial charge on any atom is -0.450 e. The molecule has 0 bridgehead atoms. The van der Waals surface area contributed by atoms with Gasteiger partial charge in [-0.25, -0.2) is 0 Å². The zero-order valence-corrected chi connectivity index (χ0v) is 20.3. The molecule has 0 fully saturated rings. The van der Waals surface area contributed by atoms with E-state index in [1.165, 1.54) is 16.2 Å². The number of halogens is 2. The van der Waals surface area contributed by atoms with Crippen molar-refractivity contribution in [1.82, 2.24) is 10.2 Å². The highest BCUT2D eigenvalue weighted by Gasteiger charge is 2.45. The molecule has 0 spiro atoms. The van der Waals surface area contributed by atoms with E-state index in [0.29, 0.717) is 32.6 Å². The Morgan fingerprint density at radius 1 is 1.16 bits per heavy atom. The molecule has 2 aromatic heterocycles. The van der Waals surface area contributed by atoms with Crippen molar-refractivity contribution in [1.29, 1.82) is 0 Å². The maximum absolute atomic E-state index is 13.6. The lowest BCUT2D eigenvalue weighted by atomic mass is 9.99. The van der Waals surface area contributed by atoms with Crippen molar-refractivity contribution in [3.63, 3.8) is 0 Å². The SMILES string of the molecule is CC(C)Cc1nnc(N2C(=O)c3oc4ccc(Br)cc4c(=O)c3C2c2ccc(Cl)cc2)s1. The van der Waals surface area contributed by atoms with Gasteiger partial charge in [0.1, 0.15) is 10.6 Å². The Balaban J connectivity index is 1.74. The lowest BCUT2D eigenvalue weighted by molar-refractivity contribution is 0.0970. The third-order valence-corrected chi connectivity index (χ3v) is 6.95. The van der Waals surface area contributed by atoms with Gasteiger partial charge in [-0.2, -0.15) is 0 Å². The number of rotatable bonds is 4. The van der Waals surface area contributed by atoms with Crippen LogP contribution in [0.5, 0.6) is 0 Å². The van der Waals surface area contributed by atoms with E-state index in [1.807, 2.05) is 12.1 Å². The van der Waals surface area contributed by atoms with Gasteiger partial charge in [0, 0.05) is 15.9 Å². The van der Waals surface area contributed by atoms with Gasteiger partial charge in [0.15, 0.2) is 5.43 Å². The number of fused-ring (bicyclic) bond motifs is 2. The second kappa shape index (κ2) is 8.10. The van der Waals surface area contributed by atoms with Crippen LogP contribution in [0.1, 0.15) is 46.6 Å². The van der Waals surface area contributed by atoms with Crippen LogP contribution in [0.15, 0.2) is 56.1 Å². The molecule has 2 aromatic carbocycles. The van der Waals surface area contributed by atoms with E-state index < -0.39 is 11.9 Å². The number of nitrogens with zero attached hydrogens (tertiary/aromatic N) is 3. The van der Waals surface area contributed by atoms with Crippen molar-refractivity contribution in [2.24, 2.45) is 5.92 Å². The lowest BCUT2D eigenvalue weighted by Crippen LogP contribution is -2.29. The van der Waals surface area contributed by atoms with Crippen molar-refractivity contribution in [3.8, 4) is 0 Å². The molecule has 0 saturated heterocycles. The number of carbonyl (C=O) groups is 1. The highest BCUT2D eigenvalue weighted by atomic mass is 79.9. The van der Waals surface area contributed by atoms with Gasteiger partial charge in [0.2, 0.25) is 10.9 Å². The first-order valence-electron chi connectivity index (χ1n) is 10.0. The zero-order valence-electron chi connectivity index (χ0n) is 17.1. The van der Waals surface area contributed by atoms with Gasteiger partial charge >= 0.3 is 0 Å². The molecule has 1 unspecified atom stereocenters. The van der Waals surface area contributed by atoms with Crippen LogP contribution in [0, 0.1) is 5.92 Å². The molecular weight excluding hydrogens is 514 g/mol. The fourth-order valence-electron chi connectivity index (χ4n) is 3.88. The highest BCUT2D eigenvalue weighted by Crippen LogP contribution is 2.42. The largest absolute Gasteiger partial charge is 0.450 e. The van der Waals surface area contributed by atoms with Crippen LogP contribution in [-0.4, -0.2) is 16.1 Å². The average Bonchev–Trinajstić information content (AvgIpc) is 3.31. The Hall–Kier alpha value is -2.55. The molecule has 6 nitrogen and oxygen atoms in total. The van der Waals surface area contributed by atoms with Crippen LogP contribution in [0.25, 0.3) is 11.0 Å². The molecule has 1 aliphatic heterocycles. The summed E-state index contributed by atoms with van der Waals surface area (Å²) >= 11 is 10.9. The highest BCUT2D eigenvalue weighted by molar-refractivity contribution is 9.10. The molecule has 32 heavy (non-hydrogen) atoms. The first-order valence-corrected chi connectivity index (χ1v) is 12.0. The molecule has 0 aliphatic carbocycles. The van der Waals surface area contributed by atoms with E-state index in [0.717, 1.165) is 21.5 Å². The molecular formula is C23H17BrClN3O3S. The van der Waals surface area contributed by atoms with Crippen molar-refractivity contribution >= 4 is 60.9 Å². The van der Waals surface area contributed by atoms with Gasteiger partial charge in [-0.1, -0.05) is 64.8 Å². The number of hydrogen-bond acceptors (Lipinski definition) is 6. The normalized spacial score (nSPS) is 15.7. The van der Waals surface area contributed by atoms with E-state index in [2.05, 4.69) is 40.0 Å². The molecule has 4 aromatic rings. The fourth-order valence-corrected chi connectivity index (χ4v) is 5.44. The minimum absolute atomic E-state index is 0.0328. The van der Waals surface area contributed by atoms with Gasteiger partial charge in [-0.3, -0.25) is 14.5 Å². The van der Waals surface area contributed by atoms with Crippen molar-refractivity contribution in [2.45, 2.75) is 26.3 Å². The number of hydrogen-bond donors (Lipinski definition) is 0. The lowest BCUT2D eigenvalue weighted by Gasteiger charge is -2.22. The molecule has 3 heterocycles. The first-order chi connectivity index (χ1) is 15.3. The Bertz CT molecular complexity index is 1410. The van der Waals surface area contributed by atoms with Crippen LogP contribution in [0.2, 0.25) is 5.02 Å². The molecule has 1 amide bonds. The third kappa shape index (κ3) is 3.56.